The molecule has 5 nitrogen and oxygen atoms in total. The number of hydrogen-bond acceptors (Lipinski definition) is 1. The van der Waals surface area contributed by atoms with E-state index in [4.69, 9.17) is 4.74 Å². The van der Waals surface area contributed by atoms with Crippen molar-refractivity contribution in [2.45, 2.75) is 19.5 Å². The van der Waals surface area contributed by atoms with Crippen molar-refractivity contribution in [2.24, 2.45) is 0 Å². The Bertz CT molecular complexity index is 2960. The normalized spacial score (nSPS) is 16.4. The fourth-order valence-electron chi connectivity index (χ4n) is 9.54. The minimum atomic E-state index is -0.704. The minimum absolute atomic E-state index is 0.704. The van der Waals surface area contributed by atoms with E-state index in [1.54, 1.807) is 0 Å². The number of hydrogen-bond donors (Lipinski definition) is 0. The number of fused-ring (bicyclic) bond motifs is 9. The molecule has 6 aromatic carbocycles. The van der Waals surface area contributed by atoms with E-state index in [2.05, 4.69) is 166 Å². The second-order valence-corrected chi connectivity index (χ2v) is 13.4. The average Bonchev–Trinajstić information content (AvgIpc) is 3.72. The van der Waals surface area contributed by atoms with E-state index in [0.717, 1.165) is 23.0 Å². The Morgan fingerprint density at radius 1 is 0.625 bits per heavy atom. The predicted octanol–water partition coefficient (Wildman–Crippen LogP) is 8.77. The molecule has 1 spiro atoms. The lowest BCUT2D eigenvalue weighted by molar-refractivity contribution is -0.995. The zero-order chi connectivity index (χ0) is 31.5. The average molecular weight is 617 g/mol. The van der Waals surface area contributed by atoms with Crippen LogP contribution in [0.3, 0.4) is 0 Å². The first kappa shape index (κ1) is 25.0. The first-order chi connectivity index (χ1) is 23.7. The molecule has 6 heterocycles. The molecule has 1 atom stereocenters. The molecule has 0 N–H and O–H groups in total. The van der Waals surface area contributed by atoms with Gasteiger partial charge in [0.2, 0.25) is 5.69 Å². The summed E-state index contributed by atoms with van der Waals surface area (Å²) >= 11 is 0. The van der Waals surface area contributed by atoms with E-state index in [9.17, 15) is 0 Å². The zero-order valence-electron chi connectivity index (χ0n) is 26.4. The van der Waals surface area contributed by atoms with Gasteiger partial charge in [-0.15, -0.1) is 4.68 Å². The maximum absolute atomic E-state index is 6.88. The summed E-state index contributed by atoms with van der Waals surface area (Å²) in [5.74, 6) is 2.93. The highest BCUT2D eigenvalue weighted by Gasteiger charge is 2.69. The van der Waals surface area contributed by atoms with Crippen LogP contribution < -0.4 is 14.0 Å². The van der Waals surface area contributed by atoms with Gasteiger partial charge >= 0.3 is 5.66 Å². The van der Waals surface area contributed by atoms with Gasteiger partial charge in [-0.25, -0.2) is 0 Å². The lowest BCUT2D eigenvalue weighted by Gasteiger charge is -2.33. The van der Waals surface area contributed by atoms with Crippen LogP contribution in [0.15, 0.2) is 134 Å². The summed E-state index contributed by atoms with van der Waals surface area (Å²) in [5.41, 5.74) is 10.2. The van der Waals surface area contributed by atoms with Crippen molar-refractivity contribution in [3.63, 3.8) is 0 Å². The third-order valence-corrected chi connectivity index (χ3v) is 11.2. The molecule has 1 unspecified atom stereocenters. The highest BCUT2D eigenvalue weighted by Crippen LogP contribution is 2.56. The summed E-state index contributed by atoms with van der Waals surface area (Å²) in [5, 5.41) is 7.53. The molecule has 0 saturated carbocycles. The third kappa shape index (κ3) is 2.60. The van der Waals surface area contributed by atoms with Crippen molar-refractivity contribution in [3.05, 3.63) is 156 Å². The Morgan fingerprint density at radius 3 is 2.31 bits per heavy atom. The van der Waals surface area contributed by atoms with Crippen molar-refractivity contribution < 1.29 is 14.0 Å². The topological polar surface area (TPSA) is 26.8 Å². The molecule has 0 fully saturated rings. The highest BCUT2D eigenvalue weighted by atomic mass is 16.5. The van der Waals surface area contributed by atoms with Gasteiger partial charge in [0.15, 0.2) is 11.1 Å². The van der Waals surface area contributed by atoms with Crippen molar-refractivity contribution in [1.29, 1.82) is 0 Å². The first-order valence-corrected chi connectivity index (χ1v) is 16.6. The van der Waals surface area contributed by atoms with Crippen LogP contribution in [0.1, 0.15) is 22.5 Å². The minimum Gasteiger partial charge on any atom is -0.456 e. The second kappa shape index (κ2) is 8.20. The number of pyridine rings is 1. The lowest BCUT2D eigenvalue weighted by Crippen LogP contribution is -2.77. The lowest BCUT2D eigenvalue weighted by atomic mass is 9.83. The molecule has 3 aromatic heterocycles. The first-order valence-electron chi connectivity index (χ1n) is 16.6. The van der Waals surface area contributed by atoms with E-state index in [0.29, 0.717) is 0 Å². The Morgan fingerprint density at radius 2 is 1.40 bits per heavy atom. The van der Waals surface area contributed by atoms with E-state index < -0.39 is 5.66 Å². The number of aromatic nitrogens is 4. The highest BCUT2D eigenvalue weighted by molar-refractivity contribution is 6.11. The van der Waals surface area contributed by atoms with Crippen LogP contribution in [-0.2, 0) is 5.66 Å². The third-order valence-electron chi connectivity index (χ3n) is 11.2. The Hall–Kier alpha value is -6.20. The van der Waals surface area contributed by atoms with Gasteiger partial charge in [0.25, 0.3) is 5.82 Å². The molecule has 0 radical (unpaired) electrons. The van der Waals surface area contributed by atoms with Gasteiger partial charge in [0, 0.05) is 23.8 Å². The maximum Gasteiger partial charge on any atom is 0.397 e. The monoisotopic (exact) mass is 616 g/mol. The smallest absolute Gasteiger partial charge is 0.397 e. The molecule has 0 aliphatic carbocycles. The molecule has 0 saturated heterocycles. The Balaban J connectivity index is 1.29. The molecule has 48 heavy (non-hydrogen) atoms. The number of nitrogens with zero attached hydrogens (tertiary/aromatic N) is 4. The van der Waals surface area contributed by atoms with Gasteiger partial charge in [-0.05, 0) is 88.6 Å². The fourth-order valence-corrected chi connectivity index (χ4v) is 9.54. The predicted molar refractivity (Wildman–Crippen MR) is 189 cm³/mol. The summed E-state index contributed by atoms with van der Waals surface area (Å²) < 4.78 is 16.8. The molecule has 224 valence electrons. The maximum atomic E-state index is 6.88. The molecular weight excluding hydrogens is 589 g/mol. The zero-order valence-corrected chi connectivity index (χ0v) is 26.4. The summed E-state index contributed by atoms with van der Waals surface area (Å²) in [6.45, 7) is 4.59. The van der Waals surface area contributed by atoms with Gasteiger partial charge in [-0.1, -0.05) is 71.4 Å². The van der Waals surface area contributed by atoms with E-state index in [1.807, 2.05) is 0 Å². The van der Waals surface area contributed by atoms with E-state index in [1.165, 1.54) is 77.0 Å². The summed E-state index contributed by atoms with van der Waals surface area (Å²) in [6.07, 6.45) is 2.26. The van der Waals surface area contributed by atoms with Crippen LogP contribution in [0.2, 0.25) is 0 Å². The molecule has 9 aromatic rings. The summed E-state index contributed by atoms with van der Waals surface area (Å²) in [7, 11) is 0. The summed E-state index contributed by atoms with van der Waals surface area (Å²) in [4.78, 5) is 0. The van der Waals surface area contributed by atoms with Crippen molar-refractivity contribution in [1.82, 2.24) is 9.25 Å². The van der Waals surface area contributed by atoms with Crippen molar-refractivity contribution in [3.8, 4) is 34.1 Å². The number of para-hydroxylation sites is 1. The number of ether oxygens (including phenoxy) is 1. The Labute approximate surface area is 275 Å². The fraction of sp³-hybridized carbons (Fsp3) is 0.0698. The van der Waals surface area contributed by atoms with Gasteiger partial charge in [0.1, 0.15) is 28.3 Å². The van der Waals surface area contributed by atoms with Crippen LogP contribution in [0, 0.1) is 13.8 Å². The molecule has 0 bridgehead atoms. The van der Waals surface area contributed by atoms with Crippen LogP contribution >= 0.6 is 0 Å². The standard InChI is InChI=1S/C43H28N4O/c1-25-39(31-15-9-13-29-23-27-11-3-4-12-28(27)24-33(29)31)26(2)47-43-40-35(46(25)47)17-10-18-36(40)48-37-21-20-32-30-14-5-6-16-34(30)45(42(32)41(37)43)38-19-7-8-22-44(38)43/h3-24H,1-2H3/q+2. The quantitative estimate of drug-likeness (QED) is 0.134. The van der Waals surface area contributed by atoms with Crippen LogP contribution in [0.4, 0.5) is 0 Å². The molecule has 3 aliphatic heterocycles. The van der Waals surface area contributed by atoms with Crippen molar-refractivity contribution >= 4 is 43.4 Å². The SMILES string of the molecule is Cc1c(-c2cccc3cc4ccccc4cc23)c(C)[n+]2n1-c1cccc3c1C21c2c(ccc4c5ccccc5n(c24)-c2cccc[n+]21)O3. The van der Waals surface area contributed by atoms with Crippen LogP contribution in [0.5, 0.6) is 11.5 Å². The van der Waals surface area contributed by atoms with Gasteiger partial charge in [-0.2, -0.15) is 9.13 Å². The van der Waals surface area contributed by atoms with Gasteiger partial charge in [0.05, 0.1) is 17.5 Å². The second-order valence-electron chi connectivity index (χ2n) is 13.4. The molecule has 0 amide bonds. The van der Waals surface area contributed by atoms with Crippen molar-refractivity contribution in [2.75, 3.05) is 0 Å². The number of benzene rings is 6. The van der Waals surface area contributed by atoms with Crippen LogP contribution in [0.25, 0.3) is 66.0 Å². The van der Waals surface area contributed by atoms with E-state index in [-0.39, 0.29) is 0 Å². The Kier molecular flexibility index (Phi) is 4.26. The molecule has 5 heteroatoms. The largest absolute Gasteiger partial charge is 0.456 e. The molecule has 12 rings (SSSR count). The summed E-state index contributed by atoms with van der Waals surface area (Å²) in [6, 6.07) is 46.4. The molecular formula is C43H28N4O+2. The van der Waals surface area contributed by atoms with Gasteiger partial charge in [-0.3, -0.25) is 0 Å². The number of rotatable bonds is 1. The molecule has 3 aliphatic rings. The van der Waals surface area contributed by atoms with E-state index >= 15 is 0 Å². The van der Waals surface area contributed by atoms with Gasteiger partial charge < -0.3 is 4.74 Å². The van der Waals surface area contributed by atoms with Crippen LogP contribution in [-0.4, -0.2) is 9.25 Å².